The maximum atomic E-state index is 12.5. The smallest absolute Gasteiger partial charge is 0.252 e. The minimum Gasteiger partial charge on any atom is -0.356 e. The summed E-state index contributed by atoms with van der Waals surface area (Å²) in [5.41, 5.74) is 0. The summed E-state index contributed by atoms with van der Waals surface area (Å²) in [6.45, 7) is 3.53. The van der Waals surface area contributed by atoms with Crippen LogP contribution in [0.3, 0.4) is 0 Å². The molecule has 1 aliphatic rings. The number of carbonyl (C=O) groups is 1. The third-order valence-corrected chi connectivity index (χ3v) is 6.91. The SMILES string of the molecule is CCCCNC(=O)[C@H]1CCCN(S(=O)(=O)c2cccs2)C1. The first kappa shape index (κ1) is 16.5. The predicted octanol–water partition coefficient (Wildman–Crippen LogP) is 2.07. The van der Waals surface area contributed by atoms with E-state index in [0.717, 1.165) is 25.7 Å². The van der Waals surface area contributed by atoms with E-state index in [2.05, 4.69) is 12.2 Å². The van der Waals surface area contributed by atoms with Crippen molar-refractivity contribution < 1.29 is 13.2 Å². The van der Waals surface area contributed by atoms with Gasteiger partial charge in [-0.3, -0.25) is 4.79 Å². The standard InChI is InChI=1S/C14H22N2O3S2/c1-2-3-8-15-14(17)12-6-4-9-16(11-12)21(18,19)13-7-5-10-20-13/h5,7,10,12H,2-4,6,8-9,11H2,1H3,(H,15,17)/t12-/m0/s1. The van der Waals surface area contributed by atoms with E-state index < -0.39 is 10.0 Å². The van der Waals surface area contributed by atoms with Gasteiger partial charge in [-0.2, -0.15) is 4.31 Å². The number of nitrogens with one attached hydrogen (secondary N) is 1. The van der Waals surface area contributed by atoms with Crippen LogP contribution in [0.1, 0.15) is 32.6 Å². The molecule has 0 aromatic carbocycles. The lowest BCUT2D eigenvalue weighted by molar-refractivity contribution is -0.126. The highest BCUT2D eigenvalue weighted by atomic mass is 32.2. The Morgan fingerprint density at radius 2 is 2.33 bits per heavy atom. The average Bonchev–Trinajstić information content (AvgIpc) is 3.02. The number of nitrogens with zero attached hydrogens (tertiary/aromatic N) is 1. The fraction of sp³-hybridized carbons (Fsp3) is 0.643. The van der Waals surface area contributed by atoms with E-state index in [1.807, 2.05) is 0 Å². The van der Waals surface area contributed by atoms with Gasteiger partial charge in [-0.1, -0.05) is 19.4 Å². The minimum atomic E-state index is -3.44. The molecule has 0 aliphatic carbocycles. The van der Waals surface area contributed by atoms with Gasteiger partial charge >= 0.3 is 0 Å². The molecule has 1 atom stereocenters. The van der Waals surface area contributed by atoms with Crippen LogP contribution in [-0.4, -0.2) is 38.3 Å². The second-order valence-electron chi connectivity index (χ2n) is 5.28. The molecule has 118 valence electrons. The van der Waals surface area contributed by atoms with E-state index in [-0.39, 0.29) is 18.4 Å². The van der Waals surface area contributed by atoms with Crippen molar-refractivity contribution in [1.82, 2.24) is 9.62 Å². The number of unbranched alkanes of at least 4 members (excludes halogenated alkanes) is 1. The van der Waals surface area contributed by atoms with Gasteiger partial charge in [0.1, 0.15) is 4.21 Å². The summed E-state index contributed by atoms with van der Waals surface area (Å²) in [6.07, 6.45) is 3.48. The van der Waals surface area contributed by atoms with Gasteiger partial charge < -0.3 is 5.32 Å². The zero-order chi connectivity index (χ0) is 15.3. The third-order valence-electron chi connectivity index (χ3n) is 3.67. The number of carbonyl (C=O) groups excluding carboxylic acids is 1. The zero-order valence-electron chi connectivity index (χ0n) is 12.2. The Kier molecular flexibility index (Phi) is 5.78. The van der Waals surface area contributed by atoms with E-state index in [4.69, 9.17) is 0 Å². The summed E-state index contributed by atoms with van der Waals surface area (Å²) in [4.78, 5) is 12.1. The van der Waals surface area contributed by atoms with Crippen LogP contribution in [0.15, 0.2) is 21.7 Å². The summed E-state index contributed by atoms with van der Waals surface area (Å²) in [5, 5.41) is 4.66. The Morgan fingerprint density at radius 3 is 3.00 bits per heavy atom. The molecule has 1 fully saturated rings. The lowest BCUT2D eigenvalue weighted by atomic mass is 9.99. The highest BCUT2D eigenvalue weighted by molar-refractivity contribution is 7.91. The molecule has 0 saturated carbocycles. The van der Waals surface area contributed by atoms with Crippen LogP contribution in [0.2, 0.25) is 0 Å². The van der Waals surface area contributed by atoms with Crippen molar-refractivity contribution in [2.75, 3.05) is 19.6 Å². The summed E-state index contributed by atoms with van der Waals surface area (Å²) in [7, 11) is -3.44. The second kappa shape index (κ2) is 7.38. The van der Waals surface area contributed by atoms with Gasteiger partial charge in [-0.25, -0.2) is 8.42 Å². The summed E-state index contributed by atoms with van der Waals surface area (Å²) < 4.78 is 26.8. The van der Waals surface area contributed by atoms with Gasteiger partial charge in [0.25, 0.3) is 10.0 Å². The molecule has 1 aromatic heterocycles. The van der Waals surface area contributed by atoms with Crippen LogP contribution in [-0.2, 0) is 14.8 Å². The Balaban J connectivity index is 1.99. The lowest BCUT2D eigenvalue weighted by Crippen LogP contribution is -2.45. The van der Waals surface area contributed by atoms with Crippen molar-refractivity contribution >= 4 is 27.3 Å². The summed E-state index contributed by atoms with van der Waals surface area (Å²) >= 11 is 1.22. The minimum absolute atomic E-state index is 0.0190. The van der Waals surface area contributed by atoms with E-state index in [1.165, 1.54) is 15.6 Å². The van der Waals surface area contributed by atoms with Crippen molar-refractivity contribution in [3.05, 3.63) is 17.5 Å². The van der Waals surface area contributed by atoms with Crippen molar-refractivity contribution in [3.63, 3.8) is 0 Å². The van der Waals surface area contributed by atoms with E-state index in [1.54, 1.807) is 17.5 Å². The number of hydrogen-bond donors (Lipinski definition) is 1. The Morgan fingerprint density at radius 1 is 1.52 bits per heavy atom. The van der Waals surface area contributed by atoms with Crippen LogP contribution < -0.4 is 5.32 Å². The number of rotatable bonds is 6. The Bertz CT molecular complexity index is 555. The molecule has 7 heteroatoms. The summed E-state index contributed by atoms with van der Waals surface area (Å²) in [5.74, 6) is -0.250. The van der Waals surface area contributed by atoms with Crippen molar-refractivity contribution in [2.45, 2.75) is 36.8 Å². The number of thiophene rings is 1. The van der Waals surface area contributed by atoms with Gasteiger partial charge in [-0.05, 0) is 30.7 Å². The third kappa shape index (κ3) is 4.05. The molecule has 1 aliphatic heterocycles. The first-order valence-corrected chi connectivity index (χ1v) is 9.69. The molecule has 1 saturated heterocycles. The van der Waals surface area contributed by atoms with Crippen LogP contribution in [0.5, 0.6) is 0 Å². The van der Waals surface area contributed by atoms with Crippen LogP contribution in [0.25, 0.3) is 0 Å². The Hall–Kier alpha value is -0.920. The number of hydrogen-bond acceptors (Lipinski definition) is 4. The van der Waals surface area contributed by atoms with Crippen molar-refractivity contribution in [2.24, 2.45) is 5.92 Å². The average molecular weight is 330 g/mol. The van der Waals surface area contributed by atoms with Crippen molar-refractivity contribution in [1.29, 1.82) is 0 Å². The molecule has 0 radical (unpaired) electrons. The maximum absolute atomic E-state index is 12.5. The molecule has 2 heterocycles. The molecule has 1 amide bonds. The predicted molar refractivity (Wildman–Crippen MR) is 83.7 cm³/mol. The van der Waals surface area contributed by atoms with Gasteiger partial charge in [-0.15, -0.1) is 11.3 Å². The largest absolute Gasteiger partial charge is 0.356 e. The first-order valence-electron chi connectivity index (χ1n) is 7.37. The zero-order valence-corrected chi connectivity index (χ0v) is 13.9. The Labute approximate surface area is 130 Å². The maximum Gasteiger partial charge on any atom is 0.252 e. The molecular weight excluding hydrogens is 308 g/mol. The molecule has 2 rings (SSSR count). The number of amides is 1. The molecule has 21 heavy (non-hydrogen) atoms. The van der Waals surface area contributed by atoms with Gasteiger partial charge in [0, 0.05) is 19.6 Å². The molecule has 0 unspecified atom stereocenters. The second-order valence-corrected chi connectivity index (χ2v) is 8.39. The van der Waals surface area contributed by atoms with Crippen molar-refractivity contribution in [3.8, 4) is 0 Å². The molecule has 0 bridgehead atoms. The normalized spacial score (nSPS) is 20.3. The van der Waals surface area contributed by atoms with Crippen LogP contribution in [0, 0.1) is 5.92 Å². The van der Waals surface area contributed by atoms with Gasteiger partial charge in [0.05, 0.1) is 5.92 Å². The van der Waals surface area contributed by atoms with Gasteiger partial charge in [0.15, 0.2) is 0 Å². The van der Waals surface area contributed by atoms with Crippen LogP contribution in [0.4, 0.5) is 0 Å². The molecular formula is C14H22N2O3S2. The topological polar surface area (TPSA) is 66.5 Å². The van der Waals surface area contributed by atoms with E-state index in [9.17, 15) is 13.2 Å². The lowest BCUT2D eigenvalue weighted by Gasteiger charge is -2.30. The summed E-state index contributed by atoms with van der Waals surface area (Å²) in [6, 6.07) is 3.35. The molecule has 1 aromatic rings. The van der Waals surface area contributed by atoms with Crippen LogP contribution >= 0.6 is 11.3 Å². The molecule has 5 nitrogen and oxygen atoms in total. The molecule has 1 N–H and O–H groups in total. The quantitative estimate of drug-likeness (QED) is 0.812. The number of piperidine rings is 1. The molecule has 0 spiro atoms. The number of sulfonamides is 1. The first-order chi connectivity index (χ1) is 10.1. The van der Waals surface area contributed by atoms with Gasteiger partial charge in [0.2, 0.25) is 5.91 Å². The van der Waals surface area contributed by atoms with E-state index >= 15 is 0 Å². The fourth-order valence-electron chi connectivity index (χ4n) is 2.44. The fourth-order valence-corrected chi connectivity index (χ4v) is 5.11. The monoisotopic (exact) mass is 330 g/mol. The highest BCUT2D eigenvalue weighted by Gasteiger charge is 2.33. The highest BCUT2D eigenvalue weighted by Crippen LogP contribution is 2.26. The van der Waals surface area contributed by atoms with E-state index in [0.29, 0.717) is 17.3 Å².